The van der Waals surface area contributed by atoms with Gasteiger partial charge in [-0.15, -0.1) is 6.42 Å². The molecule has 0 aromatic carbocycles. The molecule has 1 heterocycles. The summed E-state index contributed by atoms with van der Waals surface area (Å²) in [4.78, 5) is 14.4. The summed E-state index contributed by atoms with van der Waals surface area (Å²) in [5.74, 6) is 3.30. The fraction of sp³-hybridized carbons (Fsp3) is 0.800. The quantitative estimate of drug-likeness (QED) is 0.661. The highest BCUT2D eigenvalue weighted by atomic mass is 16.2. The van der Waals surface area contributed by atoms with Gasteiger partial charge >= 0.3 is 0 Å². The van der Waals surface area contributed by atoms with E-state index in [9.17, 15) is 4.79 Å². The van der Waals surface area contributed by atoms with Crippen LogP contribution in [0.2, 0.25) is 0 Å². The summed E-state index contributed by atoms with van der Waals surface area (Å²) in [5.41, 5.74) is 0. The van der Waals surface area contributed by atoms with Crippen molar-refractivity contribution >= 4 is 5.91 Å². The second kappa shape index (κ2) is 6.93. The highest BCUT2D eigenvalue weighted by Gasteiger charge is 2.31. The van der Waals surface area contributed by atoms with E-state index >= 15 is 0 Å². The van der Waals surface area contributed by atoms with Crippen molar-refractivity contribution in [1.82, 2.24) is 15.5 Å². The van der Waals surface area contributed by atoms with Crippen molar-refractivity contribution in [3.63, 3.8) is 0 Å². The molecule has 0 aromatic heterocycles. The maximum absolute atomic E-state index is 12.1. The van der Waals surface area contributed by atoms with Crippen LogP contribution in [0.3, 0.4) is 0 Å². The van der Waals surface area contributed by atoms with Gasteiger partial charge in [0.05, 0.1) is 12.6 Å². The summed E-state index contributed by atoms with van der Waals surface area (Å²) < 4.78 is 0. The number of hydrogen-bond donors (Lipinski definition) is 2. The number of amides is 1. The largest absolute Gasteiger partial charge is 0.344 e. The third-order valence-electron chi connectivity index (χ3n) is 4.10. The van der Waals surface area contributed by atoms with Crippen molar-refractivity contribution in [2.75, 3.05) is 26.2 Å². The van der Waals surface area contributed by atoms with Gasteiger partial charge in [0.2, 0.25) is 5.91 Å². The van der Waals surface area contributed by atoms with Crippen molar-refractivity contribution < 1.29 is 4.79 Å². The molecule has 1 aliphatic heterocycles. The lowest BCUT2D eigenvalue weighted by atomic mass is 10.1. The fourth-order valence-electron chi connectivity index (χ4n) is 2.67. The number of rotatable bonds is 7. The molecule has 4 nitrogen and oxygen atoms in total. The first-order chi connectivity index (χ1) is 9.20. The van der Waals surface area contributed by atoms with Gasteiger partial charge in [-0.3, -0.25) is 9.69 Å². The lowest BCUT2D eigenvalue weighted by molar-refractivity contribution is -0.125. The van der Waals surface area contributed by atoms with Gasteiger partial charge in [0.1, 0.15) is 0 Å². The average Bonchev–Trinajstić information content (AvgIpc) is 3.08. The van der Waals surface area contributed by atoms with Gasteiger partial charge in [-0.25, -0.2) is 0 Å². The molecule has 2 N–H and O–H groups in total. The zero-order chi connectivity index (χ0) is 13.7. The Morgan fingerprint density at radius 1 is 1.47 bits per heavy atom. The van der Waals surface area contributed by atoms with Crippen LogP contribution >= 0.6 is 0 Å². The molecule has 0 spiro atoms. The summed E-state index contributed by atoms with van der Waals surface area (Å²) in [6.45, 7) is 5.44. The number of hydrogen-bond acceptors (Lipinski definition) is 3. The Labute approximate surface area is 116 Å². The van der Waals surface area contributed by atoms with Gasteiger partial charge in [-0.1, -0.05) is 5.92 Å². The maximum atomic E-state index is 12.1. The lowest BCUT2D eigenvalue weighted by Gasteiger charge is -2.30. The number of nitrogens with zero attached hydrogens (tertiary/aromatic N) is 1. The Kier molecular flexibility index (Phi) is 5.24. The summed E-state index contributed by atoms with van der Waals surface area (Å²) in [6, 6.07) is 0.456. The van der Waals surface area contributed by atoms with Gasteiger partial charge in [0.15, 0.2) is 0 Å². The van der Waals surface area contributed by atoms with Crippen LogP contribution in [-0.2, 0) is 4.79 Å². The topological polar surface area (TPSA) is 44.4 Å². The smallest absolute Gasteiger partial charge is 0.237 e. The van der Waals surface area contributed by atoms with Gasteiger partial charge in [-0.2, -0.15) is 0 Å². The Hall–Kier alpha value is -1.05. The Morgan fingerprint density at radius 3 is 2.84 bits per heavy atom. The monoisotopic (exact) mass is 263 g/mol. The Balaban J connectivity index is 1.86. The predicted octanol–water partition coefficient (Wildman–Crippen LogP) is 0.588. The first-order valence-corrected chi connectivity index (χ1v) is 7.39. The highest BCUT2D eigenvalue weighted by molar-refractivity contribution is 5.81. The summed E-state index contributed by atoms with van der Waals surface area (Å²) in [7, 11) is 0. The van der Waals surface area contributed by atoms with Crippen LogP contribution in [0.1, 0.15) is 32.6 Å². The van der Waals surface area contributed by atoms with Crippen molar-refractivity contribution in [2.45, 2.75) is 44.7 Å². The first kappa shape index (κ1) is 14.4. The van der Waals surface area contributed by atoms with Crippen LogP contribution in [0.15, 0.2) is 0 Å². The van der Waals surface area contributed by atoms with Crippen LogP contribution in [-0.4, -0.2) is 49.1 Å². The van der Waals surface area contributed by atoms with E-state index in [1.165, 1.54) is 25.7 Å². The molecule has 106 valence electrons. The SMILES string of the molecule is C#CCNC(=O)C(C)N(CC1CC1)CC1CCCN1. The van der Waals surface area contributed by atoms with E-state index in [1.807, 2.05) is 6.92 Å². The molecular weight excluding hydrogens is 238 g/mol. The zero-order valence-corrected chi connectivity index (χ0v) is 11.8. The molecule has 2 unspecified atom stereocenters. The third-order valence-corrected chi connectivity index (χ3v) is 4.10. The molecule has 1 aliphatic carbocycles. The van der Waals surface area contributed by atoms with Crippen molar-refractivity contribution in [2.24, 2.45) is 5.92 Å². The zero-order valence-electron chi connectivity index (χ0n) is 11.8. The van der Waals surface area contributed by atoms with Crippen LogP contribution < -0.4 is 10.6 Å². The fourth-order valence-corrected chi connectivity index (χ4v) is 2.67. The first-order valence-electron chi connectivity index (χ1n) is 7.39. The summed E-state index contributed by atoms with van der Waals surface area (Å²) in [5, 5.41) is 6.31. The Bertz CT molecular complexity index is 340. The van der Waals surface area contributed by atoms with Crippen molar-refractivity contribution in [3.05, 3.63) is 0 Å². The van der Waals surface area contributed by atoms with E-state index in [1.54, 1.807) is 0 Å². The minimum atomic E-state index is -0.0867. The molecule has 0 aromatic rings. The molecule has 1 saturated carbocycles. The van der Waals surface area contributed by atoms with E-state index in [0.717, 1.165) is 25.6 Å². The van der Waals surface area contributed by atoms with E-state index in [4.69, 9.17) is 6.42 Å². The minimum absolute atomic E-state index is 0.0524. The Morgan fingerprint density at radius 2 is 2.26 bits per heavy atom. The third kappa shape index (κ3) is 4.52. The molecule has 2 rings (SSSR count). The minimum Gasteiger partial charge on any atom is -0.344 e. The van der Waals surface area contributed by atoms with Gasteiger partial charge in [-0.05, 0) is 45.1 Å². The molecule has 1 amide bonds. The number of carbonyl (C=O) groups excluding carboxylic acids is 1. The van der Waals surface area contributed by atoms with Crippen molar-refractivity contribution in [1.29, 1.82) is 0 Å². The highest BCUT2D eigenvalue weighted by Crippen LogP contribution is 2.30. The van der Waals surface area contributed by atoms with Gasteiger partial charge in [0, 0.05) is 19.1 Å². The van der Waals surface area contributed by atoms with Gasteiger partial charge < -0.3 is 10.6 Å². The normalized spacial score (nSPS) is 24.2. The predicted molar refractivity (Wildman–Crippen MR) is 76.6 cm³/mol. The van der Waals surface area contributed by atoms with E-state index in [-0.39, 0.29) is 11.9 Å². The number of carbonyl (C=O) groups is 1. The summed E-state index contributed by atoms with van der Waals surface area (Å²) >= 11 is 0. The van der Waals surface area contributed by atoms with Crippen LogP contribution in [0, 0.1) is 18.3 Å². The van der Waals surface area contributed by atoms with E-state index in [0.29, 0.717) is 12.6 Å². The molecule has 4 heteroatoms. The maximum Gasteiger partial charge on any atom is 0.237 e. The lowest BCUT2D eigenvalue weighted by Crippen LogP contribution is -2.50. The molecule has 19 heavy (non-hydrogen) atoms. The van der Waals surface area contributed by atoms with E-state index < -0.39 is 0 Å². The summed E-state index contributed by atoms with van der Waals surface area (Å²) in [6.07, 6.45) is 10.3. The molecule has 0 bridgehead atoms. The molecule has 1 saturated heterocycles. The average molecular weight is 263 g/mol. The molecule has 2 atom stereocenters. The molecule has 2 fully saturated rings. The second-order valence-corrected chi connectivity index (χ2v) is 5.79. The second-order valence-electron chi connectivity index (χ2n) is 5.79. The number of nitrogens with one attached hydrogen (secondary N) is 2. The van der Waals surface area contributed by atoms with Crippen molar-refractivity contribution in [3.8, 4) is 12.3 Å². The number of terminal acetylenes is 1. The van der Waals surface area contributed by atoms with Gasteiger partial charge in [0.25, 0.3) is 0 Å². The van der Waals surface area contributed by atoms with Crippen LogP contribution in [0.5, 0.6) is 0 Å². The van der Waals surface area contributed by atoms with Crippen LogP contribution in [0.25, 0.3) is 0 Å². The molecule has 2 aliphatic rings. The standard InChI is InChI=1S/C15H25N3O/c1-3-8-17-15(19)12(2)18(10-13-6-7-13)11-14-5-4-9-16-14/h1,12-14,16H,4-11H2,2H3,(H,17,19). The molecule has 0 radical (unpaired) electrons. The molecular formula is C15H25N3O. The van der Waals surface area contributed by atoms with Crippen LogP contribution in [0.4, 0.5) is 0 Å². The van der Waals surface area contributed by atoms with E-state index in [2.05, 4.69) is 21.5 Å².